The second-order valence-electron chi connectivity index (χ2n) is 3.17. The van der Waals surface area contributed by atoms with Gasteiger partial charge in [0.1, 0.15) is 5.01 Å². The monoisotopic (exact) mass is 254 g/mol. The summed E-state index contributed by atoms with van der Waals surface area (Å²) in [5.41, 5.74) is 6.35. The van der Waals surface area contributed by atoms with Gasteiger partial charge in [-0.2, -0.15) is 0 Å². The molecule has 0 spiro atoms. The van der Waals surface area contributed by atoms with Crippen molar-refractivity contribution in [2.24, 2.45) is 5.73 Å². The second kappa shape index (κ2) is 5.25. The summed E-state index contributed by atoms with van der Waals surface area (Å²) in [7, 11) is 0. The van der Waals surface area contributed by atoms with E-state index >= 15 is 0 Å². The van der Waals surface area contributed by atoms with Gasteiger partial charge in [0.05, 0.1) is 0 Å². The van der Waals surface area contributed by atoms with E-state index in [1.165, 1.54) is 11.3 Å². The molecule has 6 heteroatoms. The number of anilines is 2. The molecule has 16 heavy (non-hydrogen) atoms. The number of nitrogens with two attached hydrogens (primary N) is 1. The zero-order valence-electron chi connectivity index (χ0n) is 8.48. The molecular weight excluding hydrogens is 244 g/mol. The van der Waals surface area contributed by atoms with Gasteiger partial charge >= 0.3 is 0 Å². The quantitative estimate of drug-likeness (QED) is 0.880. The molecule has 0 aliphatic heterocycles. The summed E-state index contributed by atoms with van der Waals surface area (Å²) >= 11 is 7.38. The van der Waals surface area contributed by atoms with Gasteiger partial charge in [0.2, 0.25) is 5.13 Å². The van der Waals surface area contributed by atoms with E-state index < -0.39 is 0 Å². The minimum atomic E-state index is 0.589. The van der Waals surface area contributed by atoms with Gasteiger partial charge in [0.25, 0.3) is 0 Å². The molecule has 0 aliphatic carbocycles. The molecule has 1 aromatic heterocycles. The van der Waals surface area contributed by atoms with Crippen LogP contribution in [0.4, 0.5) is 10.8 Å². The lowest BCUT2D eigenvalue weighted by Crippen LogP contribution is -2.01. The largest absolute Gasteiger partial charge is 0.330 e. The molecule has 0 bridgehead atoms. The molecule has 0 aliphatic rings. The summed E-state index contributed by atoms with van der Waals surface area (Å²) in [6, 6.07) is 7.47. The van der Waals surface area contributed by atoms with Crippen molar-refractivity contribution >= 4 is 33.8 Å². The van der Waals surface area contributed by atoms with Crippen molar-refractivity contribution in [2.45, 2.75) is 6.42 Å². The first kappa shape index (κ1) is 11.3. The number of rotatable bonds is 4. The summed E-state index contributed by atoms with van der Waals surface area (Å²) in [6.45, 7) is 0.589. The van der Waals surface area contributed by atoms with Crippen molar-refractivity contribution in [3.8, 4) is 0 Å². The first-order valence-corrected chi connectivity index (χ1v) is 6.02. The van der Waals surface area contributed by atoms with Crippen LogP contribution in [0.3, 0.4) is 0 Å². The van der Waals surface area contributed by atoms with Crippen LogP contribution in [0.5, 0.6) is 0 Å². The van der Waals surface area contributed by atoms with E-state index in [0.717, 1.165) is 22.2 Å². The summed E-state index contributed by atoms with van der Waals surface area (Å²) in [6.07, 6.45) is 0.759. The van der Waals surface area contributed by atoms with Crippen LogP contribution in [0, 0.1) is 0 Å². The number of hydrogen-bond donors (Lipinski definition) is 2. The highest BCUT2D eigenvalue weighted by molar-refractivity contribution is 7.15. The van der Waals surface area contributed by atoms with Crippen molar-refractivity contribution in [3.63, 3.8) is 0 Å². The van der Waals surface area contributed by atoms with Crippen LogP contribution >= 0.6 is 22.9 Å². The summed E-state index contributed by atoms with van der Waals surface area (Å²) in [4.78, 5) is 0. The van der Waals surface area contributed by atoms with Crippen molar-refractivity contribution < 1.29 is 0 Å². The van der Waals surface area contributed by atoms with Gasteiger partial charge in [-0.05, 0) is 24.7 Å². The third-order valence-electron chi connectivity index (χ3n) is 1.90. The van der Waals surface area contributed by atoms with Crippen LogP contribution in [-0.4, -0.2) is 16.7 Å². The molecule has 1 aromatic carbocycles. The van der Waals surface area contributed by atoms with Gasteiger partial charge in [0.15, 0.2) is 0 Å². The highest BCUT2D eigenvalue weighted by atomic mass is 35.5. The lowest BCUT2D eigenvalue weighted by Gasteiger charge is -2.00. The average molecular weight is 255 g/mol. The van der Waals surface area contributed by atoms with Crippen molar-refractivity contribution in [1.82, 2.24) is 10.2 Å². The molecule has 0 unspecified atom stereocenters. The van der Waals surface area contributed by atoms with E-state index in [9.17, 15) is 0 Å². The van der Waals surface area contributed by atoms with Gasteiger partial charge in [-0.25, -0.2) is 0 Å². The second-order valence-corrected chi connectivity index (χ2v) is 4.67. The molecule has 2 rings (SSSR count). The molecule has 3 N–H and O–H groups in total. The standard InChI is InChI=1S/C10H11ClN4S/c11-7-2-1-3-8(6-7)13-10-15-14-9(16-10)4-5-12/h1-3,6H,4-5,12H2,(H,13,15). The van der Waals surface area contributed by atoms with E-state index in [4.69, 9.17) is 17.3 Å². The lowest BCUT2D eigenvalue weighted by molar-refractivity contribution is 0.913. The number of halogens is 1. The molecule has 0 fully saturated rings. The lowest BCUT2D eigenvalue weighted by atomic mass is 10.3. The average Bonchev–Trinajstić information content (AvgIpc) is 2.66. The van der Waals surface area contributed by atoms with Crippen molar-refractivity contribution in [3.05, 3.63) is 34.3 Å². The fourth-order valence-electron chi connectivity index (χ4n) is 1.22. The maximum Gasteiger partial charge on any atom is 0.210 e. The normalized spacial score (nSPS) is 10.4. The molecule has 84 valence electrons. The van der Waals surface area contributed by atoms with Crippen LogP contribution in [0.25, 0.3) is 0 Å². The maximum absolute atomic E-state index is 5.88. The van der Waals surface area contributed by atoms with Crippen LogP contribution < -0.4 is 11.1 Å². The fraction of sp³-hybridized carbons (Fsp3) is 0.200. The van der Waals surface area contributed by atoms with Gasteiger partial charge < -0.3 is 11.1 Å². The van der Waals surface area contributed by atoms with Crippen molar-refractivity contribution in [2.75, 3.05) is 11.9 Å². The molecule has 0 saturated heterocycles. The molecule has 0 radical (unpaired) electrons. The predicted molar refractivity (Wildman–Crippen MR) is 67.4 cm³/mol. The highest BCUT2D eigenvalue weighted by Gasteiger charge is 2.03. The Morgan fingerprint density at radius 2 is 2.25 bits per heavy atom. The molecule has 0 amide bonds. The SMILES string of the molecule is NCCc1nnc(Nc2cccc(Cl)c2)s1. The van der Waals surface area contributed by atoms with Gasteiger partial charge in [-0.3, -0.25) is 0 Å². The Bertz CT molecular complexity index is 471. The van der Waals surface area contributed by atoms with E-state index in [-0.39, 0.29) is 0 Å². The molecule has 0 atom stereocenters. The Hall–Kier alpha value is -1.17. The zero-order valence-corrected chi connectivity index (χ0v) is 10.1. The summed E-state index contributed by atoms with van der Waals surface area (Å²) in [5.74, 6) is 0. The smallest absolute Gasteiger partial charge is 0.210 e. The molecule has 0 saturated carbocycles. The van der Waals surface area contributed by atoms with Gasteiger partial charge in [0, 0.05) is 17.1 Å². The minimum Gasteiger partial charge on any atom is -0.330 e. The Morgan fingerprint density at radius 1 is 1.38 bits per heavy atom. The third-order valence-corrected chi connectivity index (χ3v) is 3.03. The Balaban J connectivity index is 2.08. The number of nitrogens with zero attached hydrogens (tertiary/aromatic N) is 2. The predicted octanol–water partition coefficient (Wildman–Crippen LogP) is 2.44. The zero-order chi connectivity index (χ0) is 11.4. The topological polar surface area (TPSA) is 63.8 Å². The maximum atomic E-state index is 5.88. The molecule has 4 nitrogen and oxygen atoms in total. The number of aromatic nitrogens is 2. The third kappa shape index (κ3) is 2.91. The van der Waals surface area contributed by atoms with Crippen LogP contribution in [0.1, 0.15) is 5.01 Å². The van der Waals surface area contributed by atoms with Crippen molar-refractivity contribution in [1.29, 1.82) is 0 Å². The summed E-state index contributed by atoms with van der Waals surface area (Å²) in [5, 5.41) is 13.6. The number of hydrogen-bond acceptors (Lipinski definition) is 5. The number of benzene rings is 1. The highest BCUT2D eigenvalue weighted by Crippen LogP contribution is 2.22. The minimum absolute atomic E-state index is 0.589. The van der Waals surface area contributed by atoms with E-state index in [0.29, 0.717) is 11.6 Å². The van der Waals surface area contributed by atoms with Crippen LogP contribution in [0.2, 0.25) is 5.02 Å². The van der Waals surface area contributed by atoms with E-state index in [1.807, 2.05) is 24.3 Å². The summed E-state index contributed by atoms with van der Waals surface area (Å²) < 4.78 is 0. The van der Waals surface area contributed by atoms with Gasteiger partial charge in [-0.1, -0.05) is 29.0 Å². The van der Waals surface area contributed by atoms with Crippen LogP contribution in [-0.2, 0) is 6.42 Å². The first-order valence-electron chi connectivity index (χ1n) is 4.83. The van der Waals surface area contributed by atoms with Gasteiger partial charge in [-0.15, -0.1) is 10.2 Å². The molecule has 2 aromatic rings. The Labute approximate surface area is 102 Å². The van der Waals surface area contributed by atoms with E-state index in [1.54, 1.807) is 0 Å². The fourth-order valence-corrected chi connectivity index (χ4v) is 2.18. The molecular formula is C10H11ClN4S. The Morgan fingerprint density at radius 3 is 3.00 bits per heavy atom. The molecule has 1 heterocycles. The number of nitrogens with one attached hydrogen (secondary N) is 1. The van der Waals surface area contributed by atoms with E-state index in [2.05, 4.69) is 15.5 Å². The first-order chi connectivity index (χ1) is 7.78. The Kier molecular flexibility index (Phi) is 3.71. The van der Waals surface area contributed by atoms with Crippen LogP contribution in [0.15, 0.2) is 24.3 Å².